The minimum absolute atomic E-state index is 0. The van der Waals surface area contributed by atoms with Gasteiger partial charge in [-0.15, -0.1) is 24.0 Å². The molecule has 8 heteroatoms. The normalized spacial score (nSPS) is 12.2. The van der Waals surface area contributed by atoms with E-state index in [1.165, 1.54) is 0 Å². The van der Waals surface area contributed by atoms with Crippen LogP contribution in [0, 0.1) is 11.8 Å². The zero-order chi connectivity index (χ0) is 20.9. The van der Waals surface area contributed by atoms with Crippen LogP contribution in [0.5, 0.6) is 17.2 Å². The predicted molar refractivity (Wildman–Crippen MR) is 129 cm³/mol. The highest BCUT2D eigenvalue weighted by molar-refractivity contribution is 14.0. The molecule has 1 aromatic rings. The zero-order valence-electron chi connectivity index (χ0n) is 18.6. The van der Waals surface area contributed by atoms with Crippen LogP contribution in [0.1, 0.15) is 39.2 Å². The van der Waals surface area contributed by atoms with Gasteiger partial charge >= 0.3 is 0 Å². The lowest BCUT2D eigenvalue weighted by Gasteiger charge is -2.20. The molecule has 3 N–H and O–H groups in total. The molecule has 7 nitrogen and oxygen atoms in total. The molecule has 1 rings (SSSR count). The van der Waals surface area contributed by atoms with Gasteiger partial charge in [0.2, 0.25) is 5.75 Å². The molecular weight excluding hydrogens is 485 g/mol. The van der Waals surface area contributed by atoms with E-state index in [-0.39, 0.29) is 30.6 Å². The van der Waals surface area contributed by atoms with Gasteiger partial charge in [-0.2, -0.15) is 0 Å². The molecule has 0 bridgehead atoms. The summed E-state index contributed by atoms with van der Waals surface area (Å²) in [6.45, 7) is 8.67. The number of ether oxygens (including phenoxy) is 3. The van der Waals surface area contributed by atoms with Crippen LogP contribution >= 0.6 is 24.0 Å². The minimum Gasteiger partial charge on any atom is -0.493 e. The summed E-state index contributed by atoms with van der Waals surface area (Å²) < 4.78 is 16.2. The van der Waals surface area contributed by atoms with Crippen LogP contribution in [0.15, 0.2) is 17.1 Å². The molecular formula is C21H38IN3O4. The van der Waals surface area contributed by atoms with Crippen molar-refractivity contribution in [3.8, 4) is 17.2 Å². The molecule has 0 fully saturated rings. The zero-order valence-corrected chi connectivity index (χ0v) is 20.9. The van der Waals surface area contributed by atoms with E-state index >= 15 is 0 Å². The fourth-order valence-corrected chi connectivity index (χ4v) is 3.13. The number of nitrogens with one attached hydrogen (secondary N) is 2. The molecule has 0 radical (unpaired) electrons. The number of nitrogens with zero attached hydrogens (tertiary/aromatic N) is 1. The van der Waals surface area contributed by atoms with Crippen LogP contribution in [-0.4, -0.2) is 52.1 Å². The Hall–Kier alpha value is -1.42. The van der Waals surface area contributed by atoms with Crippen molar-refractivity contribution in [2.24, 2.45) is 16.8 Å². The van der Waals surface area contributed by atoms with Crippen molar-refractivity contribution >= 4 is 29.9 Å². The van der Waals surface area contributed by atoms with Crippen LogP contribution in [-0.2, 0) is 6.54 Å². The molecule has 0 aromatic heterocycles. The Morgan fingerprint density at radius 1 is 1.07 bits per heavy atom. The highest BCUT2D eigenvalue weighted by Gasteiger charge is 2.14. The Labute approximate surface area is 192 Å². The van der Waals surface area contributed by atoms with E-state index in [0.717, 1.165) is 37.5 Å². The predicted octanol–water partition coefficient (Wildman–Crippen LogP) is 3.43. The Morgan fingerprint density at radius 3 is 2.14 bits per heavy atom. The van der Waals surface area contributed by atoms with Gasteiger partial charge in [0.15, 0.2) is 17.5 Å². The number of aliphatic imine (C=N–C) groups is 1. The maximum Gasteiger partial charge on any atom is 0.203 e. The summed E-state index contributed by atoms with van der Waals surface area (Å²) in [6.07, 6.45) is 1.86. The van der Waals surface area contributed by atoms with Gasteiger partial charge in [0.1, 0.15) is 0 Å². The van der Waals surface area contributed by atoms with Crippen molar-refractivity contribution in [2.75, 3.05) is 41.0 Å². The molecule has 0 spiro atoms. The quantitative estimate of drug-likeness (QED) is 0.221. The van der Waals surface area contributed by atoms with Crippen LogP contribution in [0.3, 0.4) is 0 Å². The van der Waals surface area contributed by atoms with E-state index in [1.807, 2.05) is 19.1 Å². The fourth-order valence-electron chi connectivity index (χ4n) is 3.13. The van der Waals surface area contributed by atoms with Gasteiger partial charge < -0.3 is 30.0 Å². The average Bonchev–Trinajstić information content (AvgIpc) is 2.68. The SMILES string of the molecule is CCNC(=NCc1cc(OC)c(OC)c(OC)c1)NCC(CCO)CC(C)C.I. The van der Waals surface area contributed by atoms with E-state index < -0.39 is 0 Å². The summed E-state index contributed by atoms with van der Waals surface area (Å²) in [6, 6.07) is 3.81. The first kappa shape index (κ1) is 27.6. The number of benzene rings is 1. The Morgan fingerprint density at radius 2 is 1.69 bits per heavy atom. The maximum atomic E-state index is 9.30. The monoisotopic (exact) mass is 523 g/mol. The highest BCUT2D eigenvalue weighted by Crippen LogP contribution is 2.38. The molecule has 168 valence electrons. The Bertz CT molecular complexity index is 587. The minimum atomic E-state index is 0. The number of aliphatic hydroxyl groups excluding tert-OH is 1. The topological polar surface area (TPSA) is 84.3 Å². The first-order valence-corrected chi connectivity index (χ1v) is 9.90. The molecule has 29 heavy (non-hydrogen) atoms. The average molecular weight is 523 g/mol. The maximum absolute atomic E-state index is 9.30. The Kier molecular flexibility index (Phi) is 14.7. The number of halogens is 1. The van der Waals surface area contributed by atoms with E-state index in [0.29, 0.717) is 35.6 Å². The third-order valence-electron chi connectivity index (χ3n) is 4.39. The van der Waals surface area contributed by atoms with Crippen molar-refractivity contribution < 1.29 is 19.3 Å². The first-order chi connectivity index (χ1) is 13.5. The lowest BCUT2D eigenvalue weighted by atomic mass is 9.94. The molecule has 0 aliphatic carbocycles. The molecule has 1 aromatic carbocycles. The summed E-state index contributed by atoms with van der Waals surface area (Å²) in [7, 11) is 4.79. The number of guanidine groups is 1. The molecule has 0 saturated heterocycles. The van der Waals surface area contributed by atoms with E-state index in [2.05, 4.69) is 29.5 Å². The number of rotatable bonds is 12. The van der Waals surface area contributed by atoms with Gasteiger partial charge in [-0.25, -0.2) is 4.99 Å². The van der Waals surface area contributed by atoms with Crippen molar-refractivity contribution in [1.82, 2.24) is 10.6 Å². The van der Waals surface area contributed by atoms with Crippen LogP contribution < -0.4 is 24.8 Å². The fraction of sp³-hybridized carbons (Fsp3) is 0.667. The van der Waals surface area contributed by atoms with Crippen molar-refractivity contribution in [3.05, 3.63) is 17.7 Å². The third-order valence-corrected chi connectivity index (χ3v) is 4.39. The molecule has 0 heterocycles. The lowest BCUT2D eigenvalue weighted by Crippen LogP contribution is -2.40. The lowest BCUT2D eigenvalue weighted by molar-refractivity contribution is 0.243. The molecule has 0 aliphatic rings. The van der Waals surface area contributed by atoms with Crippen molar-refractivity contribution in [3.63, 3.8) is 0 Å². The number of aliphatic hydroxyl groups is 1. The standard InChI is InChI=1S/C21H37N3O4.HI/c1-7-22-21(23-13-16(8-9-25)10-15(2)3)24-14-17-11-18(26-4)20(28-6)19(12-17)27-5;/h11-12,15-16,25H,7-10,13-14H2,1-6H3,(H2,22,23,24);1H. The van der Waals surface area contributed by atoms with Gasteiger partial charge in [0.05, 0.1) is 27.9 Å². The summed E-state index contributed by atoms with van der Waals surface area (Å²) in [5.41, 5.74) is 0.959. The van der Waals surface area contributed by atoms with Gasteiger partial charge in [-0.1, -0.05) is 13.8 Å². The van der Waals surface area contributed by atoms with Gasteiger partial charge in [0, 0.05) is 19.7 Å². The van der Waals surface area contributed by atoms with Gasteiger partial charge in [0.25, 0.3) is 0 Å². The van der Waals surface area contributed by atoms with Gasteiger partial charge in [-0.3, -0.25) is 0 Å². The number of methoxy groups -OCH3 is 3. The number of hydrogen-bond donors (Lipinski definition) is 3. The second kappa shape index (κ2) is 15.4. The first-order valence-electron chi connectivity index (χ1n) is 9.90. The highest BCUT2D eigenvalue weighted by atomic mass is 127. The van der Waals surface area contributed by atoms with Gasteiger partial charge in [-0.05, 0) is 49.3 Å². The Balaban J connectivity index is 0.00000784. The van der Waals surface area contributed by atoms with E-state index in [9.17, 15) is 5.11 Å². The summed E-state index contributed by atoms with van der Waals surface area (Å²) in [4.78, 5) is 4.68. The summed E-state index contributed by atoms with van der Waals surface area (Å²) in [5, 5.41) is 16.0. The van der Waals surface area contributed by atoms with Crippen LogP contribution in [0.4, 0.5) is 0 Å². The van der Waals surface area contributed by atoms with Crippen molar-refractivity contribution in [2.45, 2.75) is 40.2 Å². The molecule has 1 atom stereocenters. The summed E-state index contributed by atoms with van der Waals surface area (Å²) >= 11 is 0. The van der Waals surface area contributed by atoms with Crippen LogP contribution in [0.25, 0.3) is 0 Å². The molecule has 0 saturated carbocycles. The number of hydrogen-bond acceptors (Lipinski definition) is 5. The summed E-state index contributed by atoms with van der Waals surface area (Å²) in [5.74, 6) is 3.56. The van der Waals surface area contributed by atoms with Crippen molar-refractivity contribution in [1.29, 1.82) is 0 Å². The molecule has 0 aliphatic heterocycles. The molecule has 0 amide bonds. The second-order valence-corrected chi connectivity index (χ2v) is 7.12. The van der Waals surface area contributed by atoms with E-state index in [4.69, 9.17) is 14.2 Å². The van der Waals surface area contributed by atoms with Crippen LogP contribution in [0.2, 0.25) is 0 Å². The third kappa shape index (κ3) is 9.75. The largest absolute Gasteiger partial charge is 0.493 e. The smallest absolute Gasteiger partial charge is 0.203 e. The molecule has 1 unspecified atom stereocenters. The van der Waals surface area contributed by atoms with E-state index in [1.54, 1.807) is 21.3 Å². The second-order valence-electron chi connectivity index (χ2n) is 7.12.